The molecule has 0 radical (unpaired) electrons. The van der Waals surface area contributed by atoms with Crippen LogP contribution in [-0.2, 0) is 6.42 Å². The smallest absolute Gasteiger partial charge is 0.266 e. The van der Waals surface area contributed by atoms with Gasteiger partial charge in [-0.1, -0.05) is 30.4 Å². The summed E-state index contributed by atoms with van der Waals surface area (Å²) in [6.45, 7) is 1.94. The van der Waals surface area contributed by atoms with Crippen molar-refractivity contribution >= 4 is 22.4 Å². The number of aromatic nitrogens is 3. The number of hydrogen-bond donors (Lipinski definition) is 0. The molecule has 3 rings (SSSR count). The third kappa shape index (κ3) is 2.15. The molecule has 19 heavy (non-hydrogen) atoms. The van der Waals surface area contributed by atoms with Crippen LogP contribution in [0, 0.1) is 5.82 Å². The SMILES string of the molecule is CCc1nc2s/c(=C\c3ccc(F)cc3)c(=O)n2n1. The lowest BCUT2D eigenvalue weighted by Crippen LogP contribution is -2.23. The van der Waals surface area contributed by atoms with Crippen LogP contribution in [0.1, 0.15) is 18.3 Å². The van der Waals surface area contributed by atoms with Gasteiger partial charge < -0.3 is 0 Å². The number of benzene rings is 1. The van der Waals surface area contributed by atoms with E-state index in [0.29, 0.717) is 21.7 Å². The maximum Gasteiger partial charge on any atom is 0.291 e. The van der Waals surface area contributed by atoms with Crippen LogP contribution in [0.3, 0.4) is 0 Å². The van der Waals surface area contributed by atoms with Gasteiger partial charge in [-0.2, -0.15) is 4.52 Å². The maximum absolute atomic E-state index is 12.8. The molecular formula is C13H10FN3OS. The summed E-state index contributed by atoms with van der Waals surface area (Å²) >= 11 is 1.29. The fourth-order valence-corrected chi connectivity index (χ4v) is 2.66. The molecule has 0 aliphatic carbocycles. The normalized spacial score (nSPS) is 12.4. The first kappa shape index (κ1) is 12.0. The third-order valence-electron chi connectivity index (χ3n) is 2.71. The maximum atomic E-state index is 12.8. The van der Waals surface area contributed by atoms with Crippen molar-refractivity contribution in [3.63, 3.8) is 0 Å². The summed E-state index contributed by atoms with van der Waals surface area (Å²) in [7, 11) is 0. The van der Waals surface area contributed by atoms with Gasteiger partial charge in [0.2, 0.25) is 4.96 Å². The number of halogens is 1. The van der Waals surface area contributed by atoms with E-state index in [2.05, 4.69) is 10.1 Å². The van der Waals surface area contributed by atoms with Crippen molar-refractivity contribution in [1.82, 2.24) is 14.6 Å². The standard InChI is InChI=1S/C13H10FN3OS/c1-2-11-15-13-17(16-11)12(18)10(19-13)7-8-3-5-9(14)6-4-8/h3-7H,2H2,1H3/b10-7-. The van der Waals surface area contributed by atoms with Crippen molar-refractivity contribution < 1.29 is 4.39 Å². The molecule has 3 aromatic rings. The fraction of sp³-hybridized carbons (Fsp3) is 0.154. The second-order valence-electron chi connectivity index (χ2n) is 4.04. The minimum Gasteiger partial charge on any atom is -0.266 e. The van der Waals surface area contributed by atoms with Gasteiger partial charge in [-0.3, -0.25) is 4.79 Å². The highest BCUT2D eigenvalue weighted by Crippen LogP contribution is 2.05. The monoisotopic (exact) mass is 275 g/mol. The van der Waals surface area contributed by atoms with Gasteiger partial charge in [0.15, 0.2) is 5.82 Å². The molecule has 0 atom stereocenters. The predicted octanol–water partition coefficient (Wildman–Crippen LogP) is 1.40. The van der Waals surface area contributed by atoms with Gasteiger partial charge in [0, 0.05) is 6.42 Å². The number of aryl methyl sites for hydroxylation is 1. The van der Waals surface area contributed by atoms with Crippen molar-refractivity contribution in [2.24, 2.45) is 0 Å². The van der Waals surface area contributed by atoms with E-state index < -0.39 is 0 Å². The van der Waals surface area contributed by atoms with E-state index in [1.165, 1.54) is 28.0 Å². The molecule has 0 bridgehead atoms. The summed E-state index contributed by atoms with van der Waals surface area (Å²) in [5.41, 5.74) is 0.593. The van der Waals surface area contributed by atoms with Crippen LogP contribution in [0.15, 0.2) is 29.1 Å². The molecular weight excluding hydrogens is 265 g/mol. The Bertz CT molecular complexity index is 835. The summed E-state index contributed by atoms with van der Waals surface area (Å²) < 4.78 is 14.7. The number of fused-ring (bicyclic) bond motifs is 1. The van der Waals surface area contributed by atoms with Crippen LogP contribution >= 0.6 is 11.3 Å². The molecule has 0 saturated carbocycles. The van der Waals surface area contributed by atoms with Gasteiger partial charge in [-0.15, -0.1) is 5.10 Å². The number of hydrogen-bond acceptors (Lipinski definition) is 4. The minimum absolute atomic E-state index is 0.184. The average molecular weight is 275 g/mol. The molecule has 2 heterocycles. The van der Waals surface area contributed by atoms with Crippen LogP contribution in [0.4, 0.5) is 4.39 Å². The van der Waals surface area contributed by atoms with Crippen molar-refractivity contribution in [3.05, 3.63) is 56.4 Å². The predicted molar refractivity (Wildman–Crippen MR) is 71.7 cm³/mol. The number of thiazole rings is 1. The molecule has 4 nitrogen and oxygen atoms in total. The first-order valence-corrected chi connectivity index (χ1v) is 6.65. The van der Waals surface area contributed by atoms with E-state index in [-0.39, 0.29) is 11.4 Å². The minimum atomic E-state index is -0.297. The highest BCUT2D eigenvalue weighted by molar-refractivity contribution is 7.15. The van der Waals surface area contributed by atoms with Gasteiger partial charge in [0.05, 0.1) is 4.53 Å². The molecule has 0 fully saturated rings. The molecule has 0 saturated heterocycles. The number of nitrogens with zero attached hydrogens (tertiary/aromatic N) is 3. The van der Waals surface area contributed by atoms with E-state index in [9.17, 15) is 9.18 Å². The lowest BCUT2D eigenvalue weighted by Gasteiger charge is -1.90. The Morgan fingerprint density at radius 2 is 2.11 bits per heavy atom. The molecule has 0 amide bonds. The van der Waals surface area contributed by atoms with Gasteiger partial charge in [0.25, 0.3) is 5.56 Å². The molecule has 2 aromatic heterocycles. The summed E-state index contributed by atoms with van der Waals surface area (Å²) in [5.74, 6) is 0.367. The highest BCUT2D eigenvalue weighted by Gasteiger charge is 2.08. The van der Waals surface area contributed by atoms with Crippen LogP contribution < -0.4 is 10.1 Å². The Morgan fingerprint density at radius 3 is 2.74 bits per heavy atom. The van der Waals surface area contributed by atoms with Gasteiger partial charge >= 0.3 is 0 Å². The molecule has 0 unspecified atom stereocenters. The first-order chi connectivity index (χ1) is 9.17. The molecule has 6 heteroatoms. The fourth-order valence-electron chi connectivity index (χ4n) is 1.73. The Morgan fingerprint density at radius 1 is 1.37 bits per heavy atom. The zero-order valence-corrected chi connectivity index (χ0v) is 10.9. The highest BCUT2D eigenvalue weighted by atomic mass is 32.1. The number of rotatable bonds is 2. The largest absolute Gasteiger partial charge is 0.291 e. The van der Waals surface area contributed by atoms with Crippen LogP contribution in [0.2, 0.25) is 0 Å². The second-order valence-corrected chi connectivity index (χ2v) is 5.05. The van der Waals surface area contributed by atoms with Gasteiger partial charge in [-0.25, -0.2) is 9.37 Å². The molecule has 1 aromatic carbocycles. The van der Waals surface area contributed by atoms with Crippen molar-refractivity contribution in [1.29, 1.82) is 0 Å². The Labute approximate surface area is 111 Å². The summed E-state index contributed by atoms with van der Waals surface area (Å²) in [4.78, 5) is 16.9. The van der Waals surface area contributed by atoms with Gasteiger partial charge in [0.1, 0.15) is 5.82 Å². The van der Waals surface area contributed by atoms with Gasteiger partial charge in [-0.05, 0) is 23.8 Å². The average Bonchev–Trinajstić information content (AvgIpc) is 2.93. The first-order valence-electron chi connectivity index (χ1n) is 5.83. The lowest BCUT2D eigenvalue weighted by atomic mass is 10.2. The van der Waals surface area contributed by atoms with Crippen molar-refractivity contribution in [3.8, 4) is 0 Å². The van der Waals surface area contributed by atoms with E-state index in [4.69, 9.17) is 0 Å². The topological polar surface area (TPSA) is 47.3 Å². The summed E-state index contributed by atoms with van der Waals surface area (Å²) in [6, 6.07) is 5.98. The van der Waals surface area contributed by atoms with Crippen molar-refractivity contribution in [2.45, 2.75) is 13.3 Å². The Hall–Kier alpha value is -2.08. The van der Waals surface area contributed by atoms with Crippen molar-refractivity contribution in [2.75, 3.05) is 0 Å². The van der Waals surface area contributed by atoms with Crippen LogP contribution in [-0.4, -0.2) is 14.6 Å². The van der Waals surface area contributed by atoms with Crippen LogP contribution in [0.25, 0.3) is 11.0 Å². The zero-order chi connectivity index (χ0) is 13.4. The Kier molecular flexibility index (Phi) is 2.87. The summed E-state index contributed by atoms with van der Waals surface area (Å²) in [5, 5.41) is 4.13. The molecule has 0 spiro atoms. The van der Waals surface area contributed by atoms with Crippen LogP contribution in [0.5, 0.6) is 0 Å². The molecule has 0 N–H and O–H groups in total. The summed E-state index contributed by atoms with van der Waals surface area (Å²) in [6.07, 6.45) is 2.42. The second kappa shape index (κ2) is 4.55. The molecule has 0 aliphatic rings. The quantitative estimate of drug-likeness (QED) is 0.710. The van der Waals surface area contributed by atoms with E-state index in [1.807, 2.05) is 6.92 Å². The van der Waals surface area contributed by atoms with E-state index in [0.717, 1.165) is 5.56 Å². The van der Waals surface area contributed by atoms with E-state index in [1.54, 1.807) is 18.2 Å². The lowest BCUT2D eigenvalue weighted by molar-refractivity contribution is 0.628. The molecule has 0 aliphatic heterocycles. The Balaban J connectivity index is 2.15. The zero-order valence-electron chi connectivity index (χ0n) is 10.1. The molecule has 96 valence electrons. The third-order valence-corrected chi connectivity index (χ3v) is 3.67. The van der Waals surface area contributed by atoms with E-state index >= 15 is 0 Å².